The van der Waals surface area contributed by atoms with Gasteiger partial charge in [0, 0.05) is 0 Å². The molecule has 4 aromatic rings. The normalized spacial score (nSPS) is 13.6. The van der Waals surface area contributed by atoms with Crippen LogP contribution < -0.4 is 0 Å². The van der Waals surface area contributed by atoms with Gasteiger partial charge < -0.3 is 0 Å². The number of rotatable bonds is 7. The Kier molecular flexibility index (Phi) is 6.88. The van der Waals surface area contributed by atoms with Gasteiger partial charge in [0.1, 0.15) is 11.0 Å². The van der Waals surface area contributed by atoms with E-state index in [1.807, 2.05) is 0 Å². The molecule has 36 heavy (non-hydrogen) atoms. The van der Waals surface area contributed by atoms with Crippen LogP contribution in [0.15, 0.2) is 48.5 Å². The first-order valence-corrected chi connectivity index (χ1v) is 14.2. The van der Waals surface area contributed by atoms with Gasteiger partial charge >= 0.3 is 0 Å². The molecule has 0 radical (unpaired) electrons. The number of aromatic nitrogens is 2. The molecule has 1 heterocycles. The number of nitrogens with zero attached hydrogens (tertiary/aromatic N) is 2. The second-order valence-corrected chi connectivity index (χ2v) is 14.1. The van der Waals surface area contributed by atoms with Crippen LogP contribution in [0.4, 0.5) is 0 Å². The first-order valence-electron chi connectivity index (χ1n) is 13.5. The topological polar surface area (TPSA) is 25.8 Å². The number of hydrogen-bond donors (Lipinski definition) is 0. The zero-order valence-corrected chi connectivity index (χ0v) is 24.9. The summed E-state index contributed by atoms with van der Waals surface area (Å²) in [5, 5.41) is 2.78. The van der Waals surface area contributed by atoms with Crippen molar-refractivity contribution in [1.29, 1.82) is 0 Å². The predicted molar refractivity (Wildman–Crippen MR) is 159 cm³/mol. The summed E-state index contributed by atoms with van der Waals surface area (Å²) in [5.41, 5.74) is 7.98. The summed E-state index contributed by atoms with van der Waals surface area (Å²) in [6.45, 7) is 23.4. The first-order chi connectivity index (χ1) is 16.7. The largest absolute Gasteiger partial charge is 0.173 e. The Bertz CT molecular complexity index is 1380. The van der Waals surface area contributed by atoms with Crippen LogP contribution in [-0.4, -0.2) is 8.75 Å². The van der Waals surface area contributed by atoms with Gasteiger partial charge in [0.2, 0.25) is 0 Å². The standard InChI is InChI=1S/C33H44N2S/c1-11-31(5,6)26-18-19-27(29-28(26)34-36-35-29)33(9,10)21-20-32(7,8)25-17-16-24(30(2,3)4)22-14-12-13-15-23(22)25/h12-19H,11,20-21H2,1-10H3. The third kappa shape index (κ3) is 4.84. The predicted octanol–water partition coefficient (Wildman–Crippen LogP) is 9.87. The molecule has 0 aliphatic rings. The highest BCUT2D eigenvalue weighted by Gasteiger charge is 2.32. The molecule has 0 unspecified atom stereocenters. The molecule has 0 saturated carbocycles. The van der Waals surface area contributed by atoms with Crippen molar-refractivity contribution < 1.29 is 0 Å². The summed E-state index contributed by atoms with van der Waals surface area (Å²) in [4.78, 5) is 0. The lowest BCUT2D eigenvalue weighted by molar-refractivity contribution is 0.377. The van der Waals surface area contributed by atoms with Gasteiger partial charge in [-0.3, -0.25) is 0 Å². The minimum absolute atomic E-state index is 0.00130. The van der Waals surface area contributed by atoms with Crippen LogP contribution in [0.25, 0.3) is 21.8 Å². The minimum atomic E-state index is 0.00130. The van der Waals surface area contributed by atoms with Crippen LogP contribution >= 0.6 is 11.7 Å². The Morgan fingerprint density at radius 2 is 0.972 bits per heavy atom. The molecule has 1 aromatic heterocycles. The third-order valence-electron chi connectivity index (χ3n) is 8.59. The third-order valence-corrected chi connectivity index (χ3v) is 9.12. The van der Waals surface area contributed by atoms with Gasteiger partial charge in [-0.15, -0.1) is 0 Å². The maximum Gasteiger partial charge on any atom is 0.108 e. The summed E-state index contributed by atoms with van der Waals surface area (Å²) >= 11 is 1.35. The fourth-order valence-electron chi connectivity index (χ4n) is 5.59. The molecular formula is C33H44N2S. The maximum absolute atomic E-state index is 4.80. The average molecular weight is 501 g/mol. The van der Waals surface area contributed by atoms with E-state index in [0.717, 1.165) is 30.3 Å². The molecule has 3 heteroatoms. The minimum Gasteiger partial charge on any atom is -0.173 e. The molecule has 0 aliphatic heterocycles. The molecule has 3 aromatic carbocycles. The van der Waals surface area contributed by atoms with Gasteiger partial charge in [-0.1, -0.05) is 118 Å². The van der Waals surface area contributed by atoms with Crippen LogP contribution in [0.5, 0.6) is 0 Å². The molecule has 2 nitrogen and oxygen atoms in total. The molecule has 0 saturated heterocycles. The van der Waals surface area contributed by atoms with E-state index in [9.17, 15) is 0 Å². The SMILES string of the molecule is CCC(C)(C)c1ccc(C(C)(C)CCC(C)(C)c2ccc(C(C)(C)C)c3ccccc23)c2nsnc12. The average Bonchev–Trinajstić information content (AvgIpc) is 3.30. The van der Waals surface area contributed by atoms with E-state index in [1.165, 1.54) is 44.8 Å². The van der Waals surface area contributed by atoms with Gasteiger partial charge in [0.05, 0.1) is 11.7 Å². The molecule has 4 rings (SSSR count). The molecule has 0 fully saturated rings. The van der Waals surface area contributed by atoms with Gasteiger partial charge in [0.25, 0.3) is 0 Å². The Hall–Kier alpha value is -2.26. The maximum atomic E-state index is 4.80. The molecule has 0 bridgehead atoms. The highest BCUT2D eigenvalue weighted by molar-refractivity contribution is 7.00. The Morgan fingerprint density at radius 1 is 0.556 bits per heavy atom. The van der Waals surface area contributed by atoms with Crippen molar-refractivity contribution in [3.8, 4) is 0 Å². The van der Waals surface area contributed by atoms with E-state index in [0.29, 0.717) is 0 Å². The summed E-state index contributed by atoms with van der Waals surface area (Å²) in [6.07, 6.45) is 3.26. The van der Waals surface area contributed by atoms with Gasteiger partial charge in [0.15, 0.2) is 0 Å². The van der Waals surface area contributed by atoms with Gasteiger partial charge in [-0.25, -0.2) is 0 Å². The van der Waals surface area contributed by atoms with Crippen molar-refractivity contribution in [2.24, 2.45) is 0 Å². The number of hydrogen-bond acceptors (Lipinski definition) is 3. The van der Waals surface area contributed by atoms with E-state index < -0.39 is 0 Å². The summed E-state index contributed by atoms with van der Waals surface area (Å²) < 4.78 is 9.56. The van der Waals surface area contributed by atoms with Crippen LogP contribution in [-0.2, 0) is 21.7 Å². The fourth-order valence-corrected chi connectivity index (χ4v) is 6.16. The molecular weight excluding hydrogens is 456 g/mol. The molecule has 0 amide bonds. The zero-order valence-electron chi connectivity index (χ0n) is 24.0. The Morgan fingerprint density at radius 3 is 1.47 bits per heavy atom. The molecule has 0 spiro atoms. The summed E-state index contributed by atoms with van der Waals surface area (Å²) in [6, 6.07) is 18.4. The number of benzene rings is 3. The summed E-state index contributed by atoms with van der Waals surface area (Å²) in [5.74, 6) is 0. The van der Waals surface area contributed by atoms with Crippen LogP contribution in [0.3, 0.4) is 0 Å². The van der Waals surface area contributed by atoms with Crippen molar-refractivity contribution in [2.45, 2.75) is 110 Å². The smallest absolute Gasteiger partial charge is 0.108 e. The van der Waals surface area contributed by atoms with E-state index >= 15 is 0 Å². The summed E-state index contributed by atoms with van der Waals surface area (Å²) in [7, 11) is 0. The molecule has 0 N–H and O–H groups in total. The van der Waals surface area contributed by atoms with Crippen molar-refractivity contribution >= 4 is 33.5 Å². The molecule has 0 atom stereocenters. The first kappa shape index (κ1) is 26.8. The van der Waals surface area contributed by atoms with Crippen molar-refractivity contribution in [3.63, 3.8) is 0 Å². The highest BCUT2D eigenvalue weighted by Crippen LogP contribution is 2.43. The van der Waals surface area contributed by atoms with E-state index in [-0.39, 0.29) is 21.7 Å². The monoisotopic (exact) mass is 500 g/mol. The number of fused-ring (bicyclic) bond motifs is 2. The van der Waals surface area contributed by atoms with Crippen LogP contribution in [0.1, 0.15) is 111 Å². The van der Waals surface area contributed by atoms with E-state index in [1.54, 1.807) is 0 Å². The lowest BCUT2D eigenvalue weighted by Crippen LogP contribution is -2.25. The molecule has 192 valence electrons. The molecule has 0 aliphatic carbocycles. The van der Waals surface area contributed by atoms with Gasteiger partial charge in [-0.05, 0) is 73.9 Å². The lowest BCUT2D eigenvalue weighted by Gasteiger charge is -2.34. The van der Waals surface area contributed by atoms with E-state index in [2.05, 4.69) is 118 Å². The Labute approximate surface area is 222 Å². The fraction of sp³-hybridized carbons (Fsp3) is 0.515. The van der Waals surface area contributed by atoms with Gasteiger partial charge in [-0.2, -0.15) is 8.75 Å². The van der Waals surface area contributed by atoms with Crippen molar-refractivity contribution in [3.05, 3.63) is 70.8 Å². The Balaban J connectivity index is 1.68. The zero-order chi connectivity index (χ0) is 26.5. The van der Waals surface area contributed by atoms with Crippen molar-refractivity contribution in [2.75, 3.05) is 0 Å². The second kappa shape index (κ2) is 9.24. The second-order valence-electron chi connectivity index (χ2n) is 13.6. The van der Waals surface area contributed by atoms with Crippen LogP contribution in [0, 0.1) is 0 Å². The van der Waals surface area contributed by atoms with E-state index in [4.69, 9.17) is 8.75 Å². The quantitative estimate of drug-likeness (QED) is 0.252. The lowest BCUT2D eigenvalue weighted by atomic mass is 9.70. The van der Waals surface area contributed by atoms with Crippen molar-refractivity contribution in [1.82, 2.24) is 8.75 Å². The van der Waals surface area contributed by atoms with Crippen LogP contribution in [0.2, 0.25) is 0 Å². The highest BCUT2D eigenvalue weighted by atomic mass is 32.1.